The molecule has 2 fully saturated rings. The van der Waals surface area contributed by atoms with Gasteiger partial charge in [-0.05, 0) is 29.1 Å². The largest absolute Gasteiger partial charge is 0.369 e. The second-order valence-corrected chi connectivity index (χ2v) is 9.14. The van der Waals surface area contributed by atoms with E-state index in [2.05, 4.69) is 34.1 Å². The lowest BCUT2D eigenvalue weighted by atomic mass is 10.1. The van der Waals surface area contributed by atoms with Crippen LogP contribution in [0.25, 0.3) is 0 Å². The summed E-state index contributed by atoms with van der Waals surface area (Å²) in [7, 11) is 0. The summed E-state index contributed by atoms with van der Waals surface area (Å²) in [6.07, 6.45) is 0. The first-order chi connectivity index (χ1) is 15.7. The number of amides is 3. The van der Waals surface area contributed by atoms with Crippen molar-refractivity contribution in [2.24, 2.45) is 0 Å². The summed E-state index contributed by atoms with van der Waals surface area (Å²) >= 11 is 1.52. The highest BCUT2D eigenvalue weighted by atomic mass is 32.1. The van der Waals surface area contributed by atoms with E-state index in [0.29, 0.717) is 13.2 Å². The third kappa shape index (κ3) is 4.13. The number of rotatable bonds is 6. The molecule has 2 aromatic carbocycles. The van der Waals surface area contributed by atoms with Gasteiger partial charge in [-0.3, -0.25) is 9.69 Å². The number of thiophene rings is 1. The summed E-state index contributed by atoms with van der Waals surface area (Å²) in [5.41, 5.74) is 2.24. The molecule has 32 heavy (non-hydrogen) atoms. The Labute approximate surface area is 192 Å². The Bertz CT molecular complexity index is 1050. The van der Waals surface area contributed by atoms with Crippen molar-refractivity contribution in [1.29, 1.82) is 0 Å². The Morgan fingerprint density at radius 1 is 0.812 bits per heavy atom. The molecule has 0 N–H and O–H groups in total. The van der Waals surface area contributed by atoms with E-state index in [4.69, 9.17) is 0 Å². The lowest BCUT2D eigenvalue weighted by Gasteiger charge is -2.37. The standard InChI is InChI=1S/C25H26N4O2S/c30-24-23(22-12-7-17-32-22)28(18-20-8-3-1-4-9-20)25(31)29(24)19-26-13-15-27(16-14-26)21-10-5-2-6-11-21/h1-12,17,23H,13-16,18-19H2. The zero-order chi connectivity index (χ0) is 21.9. The van der Waals surface area contributed by atoms with Gasteiger partial charge in [-0.2, -0.15) is 0 Å². The molecule has 2 aliphatic rings. The fourth-order valence-electron chi connectivity index (χ4n) is 4.42. The number of imide groups is 1. The second kappa shape index (κ2) is 9.14. The van der Waals surface area contributed by atoms with Gasteiger partial charge in [-0.25, -0.2) is 9.69 Å². The van der Waals surface area contributed by atoms with Gasteiger partial charge in [-0.15, -0.1) is 11.3 Å². The summed E-state index contributed by atoms with van der Waals surface area (Å²) in [6.45, 7) is 4.15. The molecule has 7 heteroatoms. The zero-order valence-electron chi connectivity index (χ0n) is 17.8. The number of benzene rings is 2. The molecule has 1 unspecified atom stereocenters. The van der Waals surface area contributed by atoms with E-state index in [1.807, 2.05) is 53.9 Å². The maximum absolute atomic E-state index is 13.4. The Kier molecular flexibility index (Phi) is 5.92. The maximum atomic E-state index is 13.4. The highest BCUT2D eigenvalue weighted by molar-refractivity contribution is 7.10. The normalized spacial score (nSPS) is 19.8. The molecule has 0 radical (unpaired) electrons. The molecule has 2 aliphatic heterocycles. The molecule has 3 aromatic rings. The van der Waals surface area contributed by atoms with E-state index in [0.717, 1.165) is 36.6 Å². The van der Waals surface area contributed by atoms with Crippen LogP contribution in [0.4, 0.5) is 10.5 Å². The predicted octanol–water partition coefficient (Wildman–Crippen LogP) is 4.03. The van der Waals surface area contributed by atoms with Crippen LogP contribution in [-0.4, -0.2) is 59.5 Å². The first-order valence-corrected chi connectivity index (χ1v) is 11.8. The lowest BCUT2D eigenvalue weighted by Crippen LogP contribution is -2.51. The van der Waals surface area contributed by atoms with Crippen molar-refractivity contribution in [3.05, 3.63) is 88.6 Å². The predicted molar refractivity (Wildman–Crippen MR) is 126 cm³/mol. The van der Waals surface area contributed by atoms with Crippen LogP contribution in [0.15, 0.2) is 78.2 Å². The Morgan fingerprint density at radius 2 is 1.50 bits per heavy atom. The molecule has 2 saturated heterocycles. The number of hydrogen-bond acceptors (Lipinski definition) is 5. The van der Waals surface area contributed by atoms with Gasteiger partial charge in [0.25, 0.3) is 5.91 Å². The SMILES string of the molecule is O=C1C(c2cccs2)N(Cc2ccccc2)C(=O)N1CN1CCN(c2ccccc2)CC1. The lowest BCUT2D eigenvalue weighted by molar-refractivity contribution is -0.129. The summed E-state index contributed by atoms with van der Waals surface area (Å²) in [4.78, 5) is 35.4. The van der Waals surface area contributed by atoms with E-state index in [9.17, 15) is 9.59 Å². The number of nitrogens with zero attached hydrogens (tertiary/aromatic N) is 4. The molecule has 6 nitrogen and oxygen atoms in total. The molecule has 0 aliphatic carbocycles. The summed E-state index contributed by atoms with van der Waals surface area (Å²) < 4.78 is 0. The van der Waals surface area contributed by atoms with Crippen LogP contribution in [-0.2, 0) is 11.3 Å². The molecule has 0 bridgehead atoms. The van der Waals surface area contributed by atoms with E-state index in [1.165, 1.54) is 21.9 Å². The Morgan fingerprint density at radius 3 is 2.16 bits per heavy atom. The quantitative estimate of drug-likeness (QED) is 0.537. The van der Waals surface area contributed by atoms with Gasteiger partial charge in [0, 0.05) is 43.3 Å². The number of piperazine rings is 1. The van der Waals surface area contributed by atoms with Crippen molar-refractivity contribution in [1.82, 2.24) is 14.7 Å². The monoisotopic (exact) mass is 446 g/mol. The molecule has 1 atom stereocenters. The molecular formula is C25H26N4O2S. The number of hydrogen-bond donors (Lipinski definition) is 0. The van der Waals surface area contributed by atoms with Crippen molar-refractivity contribution in [2.75, 3.05) is 37.7 Å². The number of para-hydroxylation sites is 1. The Hall–Kier alpha value is -3.16. The van der Waals surface area contributed by atoms with Gasteiger partial charge in [0.05, 0.1) is 6.67 Å². The molecule has 1 aromatic heterocycles. The molecule has 0 saturated carbocycles. The van der Waals surface area contributed by atoms with Crippen LogP contribution in [0.3, 0.4) is 0 Å². The van der Waals surface area contributed by atoms with Crippen LogP contribution in [0, 0.1) is 0 Å². The van der Waals surface area contributed by atoms with Crippen LogP contribution in [0.1, 0.15) is 16.5 Å². The first-order valence-electron chi connectivity index (χ1n) is 10.9. The van der Waals surface area contributed by atoms with Gasteiger partial charge >= 0.3 is 6.03 Å². The molecular weight excluding hydrogens is 420 g/mol. The van der Waals surface area contributed by atoms with Crippen LogP contribution in [0.2, 0.25) is 0 Å². The number of anilines is 1. The molecule has 164 valence electrons. The molecule has 5 rings (SSSR count). The summed E-state index contributed by atoms with van der Waals surface area (Å²) in [5.74, 6) is -0.126. The van der Waals surface area contributed by atoms with E-state index in [1.54, 1.807) is 4.90 Å². The van der Waals surface area contributed by atoms with E-state index >= 15 is 0 Å². The topological polar surface area (TPSA) is 47.1 Å². The van der Waals surface area contributed by atoms with Crippen molar-refractivity contribution < 1.29 is 9.59 Å². The fraction of sp³-hybridized carbons (Fsp3) is 0.280. The van der Waals surface area contributed by atoms with Crippen molar-refractivity contribution >= 4 is 29.0 Å². The van der Waals surface area contributed by atoms with Crippen molar-refractivity contribution in [3.8, 4) is 0 Å². The van der Waals surface area contributed by atoms with Crippen LogP contribution < -0.4 is 4.90 Å². The smallest absolute Gasteiger partial charge is 0.329 e. The van der Waals surface area contributed by atoms with Gasteiger partial charge in [0.15, 0.2) is 0 Å². The van der Waals surface area contributed by atoms with Crippen LogP contribution >= 0.6 is 11.3 Å². The zero-order valence-corrected chi connectivity index (χ0v) is 18.7. The number of urea groups is 1. The fourth-order valence-corrected chi connectivity index (χ4v) is 5.25. The average Bonchev–Trinajstić information content (AvgIpc) is 3.44. The molecule has 3 heterocycles. The summed E-state index contributed by atoms with van der Waals surface area (Å²) in [5, 5.41) is 1.96. The van der Waals surface area contributed by atoms with Gasteiger partial charge < -0.3 is 9.80 Å². The molecule has 3 amide bonds. The van der Waals surface area contributed by atoms with E-state index in [-0.39, 0.29) is 11.9 Å². The van der Waals surface area contributed by atoms with E-state index < -0.39 is 6.04 Å². The minimum absolute atomic E-state index is 0.126. The van der Waals surface area contributed by atoms with Gasteiger partial charge in [0.2, 0.25) is 0 Å². The third-order valence-electron chi connectivity index (χ3n) is 6.13. The molecule has 0 spiro atoms. The number of carbonyl (C=O) groups excluding carboxylic acids is 2. The highest BCUT2D eigenvalue weighted by Gasteiger charge is 2.46. The summed E-state index contributed by atoms with van der Waals surface area (Å²) in [6, 6.07) is 23.4. The van der Waals surface area contributed by atoms with Crippen molar-refractivity contribution in [2.45, 2.75) is 12.6 Å². The number of carbonyl (C=O) groups is 2. The minimum atomic E-state index is -0.548. The second-order valence-electron chi connectivity index (χ2n) is 8.16. The van der Waals surface area contributed by atoms with Crippen molar-refractivity contribution in [3.63, 3.8) is 0 Å². The Balaban J connectivity index is 1.30. The maximum Gasteiger partial charge on any atom is 0.329 e. The van der Waals surface area contributed by atoms with Gasteiger partial charge in [0.1, 0.15) is 6.04 Å². The highest BCUT2D eigenvalue weighted by Crippen LogP contribution is 2.35. The van der Waals surface area contributed by atoms with Crippen LogP contribution in [0.5, 0.6) is 0 Å². The van der Waals surface area contributed by atoms with Gasteiger partial charge in [-0.1, -0.05) is 54.6 Å². The minimum Gasteiger partial charge on any atom is -0.369 e. The third-order valence-corrected chi connectivity index (χ3v) is 7.06. The average molecular weight is 447 g/mol. The first kappa shape index (κ1) is 20.7.